The molecular weight excluding hydrogens is 522 g/mol. The van der Waals surface area contributed by atoms with Crippen molar-refractivity contribution in [2.24, 2.45) is 28.4 Å². The SMILES string of the molecule is CC(C)(C)C(NC(=O)C(F)(F)Cl)C(=O)N1CC2C(C1C(=O)NC(N)CC1C(=O)Nc3ncccc31)C2(C)C. The van der Waals surface area contributed by atoms with E-state index < -0.39 is 52.7 Å². The molecule has 6 unspecified atom stereocenters. The number of anilines is 1. The van der Waals surface area contributed by atoms with Crippen LogP contribution >= 0.6 is 11.6 Å². The summed E-state index contributed by atoms with van der Waals surface area (Å²) in [6.07, 6.45) is 0.764. The average molecular weight is 555 g/mol. The van der Waals surface area contributed by atoms with Gasteiger partial charge in [0.15, 0.2) is 0 Å². The Balaban J connectivity index is 1.51. The van der Waals surface area contributed by atoms with E-state index in [9.17, 15) is 28.0 Å². The monoisotopic (exact) mass is 554 g/mol. The molecule has 10 nitrogen and oxygen atoms in total. The summed E-state index contributed by atoms with van der Waals surface area (Å²) in [7, 11) is 0. The van der Waals surface area contributed by atoms with E-state index in [0.29, 0.717) is 11.4 Å². The highest BCUT2D eigenvalue weighted by Crippen LogP contribution is 2.65. The van der Waals surface area contributed by atoms with Crippen molar-refractivity contribution < 1.29 is 28.0 Å². The van der Waals surface area contributed by atoms with Gasteiger partial charge in [0.2, 0.25) is 17.7 Å². The Morgan fingerprint density at radius 2 is 1.95 bits per heavy atom. The van der Waals surface area contributed by atoms with Gasteiger partial charge in [-0.15, -0.1) is 0 Å². The van der Waals surface area contributed by atoms with E-state index in [1.54, 1.807) is 39.1 Å². The lowest BCUT2D eigenvalue weighted by Crippen LogP contribution is -2.61. The van der Waals surface area contributed by atoms with Crippen molar-refractivity contribution in [2.45, 2.75) is 70.6 Å². The fourth-order valence-corrected chi connectivity index (χ4v) is 5.86. The van der Waals surface area contributed by atoms with Gasteiger partial charge >= 0.3 is 11.3 Å². The molecule has 1 saturated heterocycles. The summed E-state index contributed by atoms with van der Waals surface area (Å²) < 4.78 is 26.9. The first-order valence-corrected chi connectivity index (χ1v) is 12.8. The minimum atomic E-state index is -4.19. The largest absolute Gasteiger partial charge is 0.399 e. The second kappa shape index (κ2) is 9.41. The molecule has 3 heterocycles. The first-order chi connectivity index (χ1) is 17.4. The number of pyridine rings is 1. The highest BCUT2D eigenvalue weighted by Gasteiger charge is 2.70. The normalized spacial score (nSPS) is 27.1. The van der Waals surface area contributed by atoms with Gasteiger partial charge in [-0.2, -0.15) is 8.78 Å². The minimum Gasteiger partial charge on any atom is -0.339 e. The summed E-state index contributed by atoms with van der Waals surface area (Å²) in [5.74, 6) is -3.53. The van der Waals surface area contributed by atoms with Gasteiger partial charge in [0.05, 0.1) is 12.1 Å². The van der Waals surface area contributed by atoms with Crippen LogP contribution in [0.5, 0.6) is 0 Å². The van der Waals surface area contributed by atoms with Crippen LogP contribution in [0, 0.1) is 22.7 Å². The van der Waals surface area contributed by atoms with Gasteiger partial charge in [-0.1, -0.05) is 40.7 Å². The van der Waals surface area contributed by atoms with E-state index in [-0.39, 0.29) is 36.1 Å². The fraction of sp³-hybridized carbons (Fsp3) is 0.640. The molecule has 0 aromatic carbocycles. The van der Waals surface area contributed by atoms with Gasteiger partial charge in [0.1, 0.15) is 17.9 Å². The third-order valence-corrected chi connectivity index (χ3v) is 8.17. The number of rotatable bonds is 7. The van der Waals surface area contributed by atoms with Crippen molar-refractivity contribution in [1.82, 2.24) is 20.5 Å². The topological polar surface area (TPSA) is 147 Å². The maximum Gasteiger partial charge on any atom is 0.399 e. The van der Waals surface area contributed by atoms with E-state index in [2.05, 4.69) is 20.9 Å². The van der Waals surface area contributed by atoms with Crippen molar-refractivity contribution in [3.63, 3.8) is 0 Å². The number of aromatic nitrogens is 1. The van der Waals surface area contributed by atoms with Crippen LogP contribution in [0.1, 0.15) is 52.5 Å². The molecular formula is C25H33ClF2N6O4. The quantitative estimate of drug-likeness (QED) is 0.298. The zero-order valence-electron chi connectivity index (χ0n) is 21.8. The van der Waals surface area contributed by atoms with E-state index in [1.165, 1.54) is 4.90 Å². The molecule has 1 saturated carbocycles. The van der Waals surface area contributed by atoms with Gasteiger partial charge in [-0.25, -0.2) is 4.98 Å². The van der Waals surface area contributed by atoms with E-state index in [0.717, 1.165) is 0 Å². The van der Waals surface area contributed by atoms with E-state index in [4.69, 9.17) is 17.3 Å². The summed E-state index contributed by atoms with van der Waals surface area (Å²) in [6, 6.07) is 1.20. The molecule has 6 atom stereocenters. The van der Waals surface area contributed by atoms with Crippen molar-refractivity contribution in [1.29, 1.82) is 0 Å². The van der Waals surface area contributed by atoms with Crippen molar-refractivity contribution in [3.05, 3.63) is 23.9 Å². The lowest BCUT2D eigenvalue weighted by atomic mass is 9.85. The van der Waals surface area contributed by atoms with Gasteiger partial charge in [-0.05, 0) is 46.8 Å². The maximum absolute atomic E-state index is 13.6. The van der Waals surface area contributed by atoms with Crippen molar-refractivity contribution >= 4 is 41.0 Å². The number of carbonyl (C=O) groups is 4. The minimum absolute atomic E-state index is 0.0165. The number of amides is 4. The van der Waals surface area contributed by atoms with Crippen LogP contribution in [-0.4, -0.2) is 63.7 Å². The molecule has 5 N–H and O–H groups in total. The standard InChI is InChI=1S/C25H33ClF2N6O4/c1-23(2,3)17(32-22(38)25(26,27)28)21(37)34-10-13-15(24(13,4)5)16(34)20(36)31-14(29)9-12-11-7-6-8-30-18(11)33-19(12)35/h6-8,12-17H,9-10,29H2,1-5H3,(H,31,36)(H,32,38)(H,30,33,35). The summed E-state index contributed by atoms with van der Waals surface area (Å²) in [5.41, 5.74) is 5.75. The molecule has 0 radical (unpaired) electrons. The van der Waals surface area contributed by atoms with Crippen LogP contribution in [0.4, 0.5) is 14.6 Å². The molecule has 4 rings (SSSR count). The van der Waals surface area contributed by atoms with E-state index in [1.807, 2.05) is 13.8 Å². The number of hydrogen-bond acceptors (Lipinski definition) is 6. The Morgan fingerprint density at radius 3 is 2.55 bits per heavy atom. The summed E-state index contributed by atoms with van der Waals surface area (Å²) >= 11 is 4.88. The molecule has 3 aliphatic rings. The van der Waals surface area contributed by atoms with Gasteiger partial charge in [-0.3, -0.25) is 19.2 Å². The molecule has 4 amide bonds. The van der Waals surface area contributed by atoms with E-state index >= 15 is 0 Å². The Morgan fingerprint density at radius 1 is 1.29 bits per heavy atom. The third kappa shape index (κ3) is 5.07. The maximum atomic E-state index is 13.6. The van der Waals surface area contributed by atoms with Crippen LogP contribution in [0.2, 0.25) is 0 Å². The molecule has 13 heteroatoms. The second-order valence-electron chi connectivity index (χ2n) is 12.0. The molecule has 0 bridgehead atoms. The Kier molecular flexibility index (Phi) is 6.97. The number of carbonyl (C=O) groups excluding carboxylic acids is 4. The van der Waals surface area contributed by atoms with Gasteiger partial charge < -0.3 is 26.6 Å². The number of nitrogens with one attached hydrogen (secondary N) is 3. The Hall–Kier alpha value is -2.86. The van der Waals surface area contributed by atoms with Crippen LogP contribution < -0.4 is 21.7 Å². The lowest BCUT2D eigenvalue weighted by Gasteiger charge is -2.38. The number of likely N-dealkylation sites (tertiary alicyclic amines) is 1. The van der Waals surface area contributed by atoms with Crippen LogP contribution in [0.15, 0.2) is 18.3 Å². The molecule has 2 fully saturated rings. The first-order valence-electron chi connectivity index (χ1n) is 12.4. The van der Waals surface area contributed by atoms with Gasteiger partial charge in [0.25, 0.3) is 0 Å². The van der Waals surface area contributed by atoms with Crippen LogP contribution in [-0.2, 0) is 19.2 Å². The molecule has 0 spiro atoms. The molecule has 38 heavy (non-hydrogen) atoms. The molecule has 2 aliphatic heterocycles. The number of nitrogens with zero attached hydrogens (tertiary/aromatic N) is 2. The smallest absolute Gasteiger partial charge is 0.339 e. The second-order valence-corrected chi connectivity index (χ2v) is 12.5. The highest BCUT2D eigenvalue weighted by atomic mass is 35.5. The number of piperidine rings is 1. The number of fused-ring (bicyclic) bond motifs is 2. The zero-order valence-corrected chi connectivity index (χ0v) is 22.6. The summed E-state index contributed by atoms with van der Waals surface area (Å²) in [5, 5.41) is 3.31. The van der Waals surface area contributed by atoms with Crippen LogP contribution in [0.3, 0.4) is 0 Å². The van der Waals surface area contributed by atoms with Crippen LogP contribution in [0.25, 0.3) is 0 Å². The summed E-state index contributed by atoms with van der Waals surface area (Å²) in [6.45, 7) is 9.07. The number of nitrogens with two attached hydrogens (primary N) is 1. The van der Waals surface area contributed by atoms with Crippen molar-refractivity contribution in [2.75, 3.05) is 11.9 Å². The molecule has 1 aliphatic carbocycles. The number of alkyl halides is 3. The molecule has 208 valence electrons. The lowest BCUT2D eigenvalue weighted by molar-refractivity contribution is -0.148. The number of halogens is 3. The fourth-order valence-electron chi connectivity index (χ4n) is 5.80. The Bertz CT molecular complexity index is 1170. The van der Waals surface area contributed by atoms with Crippen molar-refractivity contribution in [3.8, 4) is 0 Å². The molecule has 1 aromatic rings. The predicted molar refractivity (Wildman–Crippen MR) is 135 cm³/mol. The third-order valence-electron chi connectivity index (χ3n) is 8.00. The zero-order chi connectivity index (χ0) is 28.4. The average Bonchev–Trinajstić information content (AvgIpc) is 3.10. The number of hydrogen-bond donors (Lipinski definition) is 4. The highest BCUT2D eigenvalue weighted by molar-refractivity contribution is 6.32. The first kappa shape index (κ1) is 28.2. The predicted octanol–water partition coefficient (Wildman–Crippen LogP) is 1.75. The molecule has 1 aromatic heterocycles. The van der Waals surface area contributed by atoms with Gasteiger partial charge in [0, 0.05) is 18.3 Å². The summed E-state index contributed by atoms with van der Waals surface area (Å²) in [4.78, 5) is 57.1. The Labute approximate surface area is 224 Å².